The summed E-state index contributed by atoms with van der Waals surface area (Å²) < 4.78 is 27.2. The third-order valence-electron chi connectivity index (χ3n) is 6.76. The summed E-state index contributed by atoms with van der Waals surface area (Å²) in [6, 6.07) is 12.1. The van der Waals surface area contributed by atoms with Crippen molar-refractivity contribution in [1.82, 2.24) is 35.0 Å². The van der Waals surface area contributed by atoms with Gasteiger partial charge >= 0.3 is 0 Å². The third kappa shape index (κ3) is 4.08. The Hall–Kier alpha value is -4.02. The molecule has 6 aromatic rings. The zero-order valence-electron chi connectivity index (χ0n) is 19.6. The van der Waals surface area contributed by atoms with E-state index in [2.05, 4.69) is 48.0 Å². The Morgan fingerprint density at radius 3 is 2.84 bits per heavy atom. The minimum Gasteiger partial charge on any atom is -0.337 e. The first-order valence-corrected chi connectivity index (χ1v) is 12.9. The summed E-state index contributed by atoms with van der Waals surface area (Å²) in [4.78, 5) is 19.0. The van der Waals surface area contributed by atoms with Crippen LogP contribution in [0.3, 0.4) is 0 Å². The number of para-hydroxylation sites is 1. The lowest BCUT2D eigenvalue weighted by Gasteiger charge is -2.15. The maximum atomic E-state index is 13.6. The van der Waals surface area contributed by atoms with Gasteiger partial charge in [0.15, 0.2) is 5.82 Å². The van der Waals surface area contributed by atoms with Crippen molar-refractivity contribution in [3.63, 3.8) is 0 Å². The molecule has 10 heteroatoms. The molecular weight excluding hydrogens is 492 g/mol. The first kappa shape index (κ1) is 22.2. The predicted octanol–water partition coefficient (Wildman–Crippen LogP) is 6.13. The van der Waals surface area contributed by atoms with Crippen LogP contribution in [0.15, 0.2) is 65.7 Å². The Labute approximate surface area is 214 Å². The van der Waals surface area contributed by atoms with E-state index in [1.165, 1.54) is 0 Å². The molecule has 5 aromatic heterocycles. The minimum atomic E-state index is -2.61. The van der Waals surface area contributed by atoms with Crippen LogP contribution in [-0.4, -0.2) is 54.0 Å². The average molecular weight is 514 g/mol. The zero-order valence-corrected chi connectivity index (χ0v) is 20.4. The number of rotatable bonds is 5. The van der Waals surface area contributed by atoms with Crippen molar-refractivity contribution in [3.8, 4) is 33.9 Å². The number of nitrogens with zero attached hydrogens (tertiary/aromatic N) is 5. The molecule has 1 aliphatic heterocycles. The second-order valence-electron chi connectivity index (χ2n) is 9.38. The summed E-state index contributed by atoms with van der Waals surface area (Å²) >= 11 is 1.66. The van der Waals surface area contributed by atoms with E-state index in [4.69, 9.17) is 4.98 Å². The van der Waals surface area contributed by atoms with Crippen molar-refractivity contribution in [2.75, 3.05) is 13.1 Å². The quantitative estimate of drug-likeness (QED) is 0.290. The molecule has 0 aliphatic carbocycles. The number of H-pyrrole nitrogens is 2. The Bertz CT molecular complexity index is 1740. The highest BCUT2D eigenvalue weighted by Crippen LogP contribution is 2.33. The fourth-order valence-electron chi connectivity index (χ4n) is 4.96. The van der Waals surface area contributed by atoms with Gasteiger partial charge in [0.2, 0.25) is 0 Å². The zero-order chi connectivity index (χ0) is 25.0. The van der Waals surface area contributed by atoms with Crippen molar-refractivity contribution >= 4 is 33.3 Å². The molecular formula is C27H21F2N7S. The molecule has 0 atom stereocenters. The Kier molecular flexibility index (Phi) is 5.12. The van der Waals surface area contributed by atoms with Crippen LogP contribution < -0.4 is 0 Å². The number of imidazole rings is 1. The monoisotopic (exact) mass is 513 g/mol. The van der Waals surface area contributed by atoms with Crippen LogP contribution in [0.2, 0.25) is 0 Å². The minimum absolute atomic E-state index is 0.0991. The number of fused-ring (bicyclic) bond motifs is 2. The van der Waals surface area contributed by atoms with Gasteiger partial charge < -0.3 is 4.98 Å². The van der Waals surface area contributed by atoms with E-state index in [0.29, 0.717) is 24.6 Å². The van der Waals surface area contributed by atoms with Gasteiger partial charge in [-0.2, -0.15) is 16.4 Å². The fraction of sp³-hybridized carbons (Fsp3) is 0.185. The lowest BCUT2D eigenvalue weighted by molar-refractivity contribution is 0.0115. The van der Waals surface area contributed by atoms with Crippen LogP contribution in [0.5, 0.6) is 0 Å². The van der Waals surface area contributed by atoms with Gasteiger partial charge in [-0.05, 0) is 46.2 Å². The molecule has 0 saturated carbocycles. The van der Waals surface area contributed by atoms with Crippen LogP contribution in [0, 0.1) is 0 Å². The van der Waals surface area contributed by atoms with Gasteiger partial charge in [-0.25, -0.2) is 13.8 Å². The Morgan fingerprint density at radius 1 is 1.05 bits per heavy atom. The number of aromatic nitrogens is 6. The lowest BCUT2D eigenvalue weighted by atomic mass is 10.1. The van der Waals surface area contributed by atoms with Crippen LogP contribution >= 0.6 is 11.3 Å². The molecule has 6 heterocycles. The van der Waals surface area contributed by atoms with Crippen molar-refractivity contribution in [2.45, 2.75) is 18.9 Å². The molecule has 7 rings (SSSR count). The molecule has 0 unspecified atom stereocenters. The molecule has 1 aromatic carbocycles. The van der Waals surface area contributed by atoms with E-state index in [0.717, 1.165) is 49.9 Å². The SMILES string of the molecule is FC1(F)CCN(Cc2cncc(-c3cc4c(-c5nc6c(-c7ccsc7)cccc6[nH]5)n[nH]c4cn3)c2)C1. The summed E-state index contributed by atoms with van der Waals surface area (Å²) in [5, 5.41) is 12.6. The highest BCUT2D eigenvalue weighted by atomic mass is 32.1. The molecule has 1 fully saturated rings. The molecule has 0 spiro atoms. The van der Waals surface area contributed by atoms with Gasteiger partial charge in [-0.3, -0.25) is 20.0 Å². The number of aromatic amines is 2. The number of likely N-dealkylation sites (tertiary alicyclic amines) is 1. The fourth-order valence-corrected chi connectivity index (χ4v) is 5.62. The first-order chi connectivity index (χ1) is 18.0. The molecule has 7 nitrogen and oxygen atoms in total. The topological polar surface area (TPSA) is 86.4 Å². The number of thiophene rings is 1. The van der Waals surface area contributed by atoms with Gasteiger partial charge in [0.05, 0.1) is 35.0 Å². The maximum absolute atomic E-state index is 13.6. The van der Waals surface area contributed by atoms with E-state index in [1.807, 2.05) is 24.3 Å². The van der Waals surface area contributed by atoms with Crippen molar-refractivity contribution in [1.29, 1.82) is 0 Å². The van der Waals surface area contributed by atoms with Crippen LogP contribution in [0.25, 0.3) is 55.8 Å². The second-order valence-corrected chi connectivity index (χ2v) is 10.2. The van der Waals surface area contributed by atoms with E-state index in [9.17, 15) is 8.78 Å². The molecule has 184 valence electrons. The Morgan fingerprint density at radius 2 is 2.00 bits per heavy atom. The molecule has 0 bridgehead atoms. The summed E-state index contributed by atoms with van der Waals surface area (Å²) in [6.45, 7) is 0.595. The maximum Gasteiger partial charge on any atom is 0.261 e. The smallest absolute Gasteiger partial charge is 0.261 e. The summed E-state index contributed by atoms with van der Waals surface area (Å²) in [5.74, 6) is -1.95. The highest BCUT2D eigenvalue weighted by Gasteiger charge is 2.37. The number of pyridine rings is 2. The second kappa shape index (κ2) is 8.53. The third-order valence-corrected chi connectivity index (χ3v) is 7.45. The lowest BCUT2D eigenvalue weighted by Crippen LogP contribution is -2.24. The largest absolute Gasteiger partial charge is 0.337 e. The number of hydrogen-bond donors (Lipinski definition) is 2. The van der Waals surface area contributed by atoms with Gasteiger partial charge in [0.25, 0.3) is 5.92 Å². The molecule has 0 amide bonds. The first-order valence-electron chi connectivity index (χ1n) is 11.9. The van der Waals surface area contributed by atoms with Crippen molar-refractivity contribution < 1.29 is 8.78 Å². The van der Waals surface area contributed by atoms with Gasteiger partial charge in [-0.1, -0.05) is 12.1 Å². The molecule has 2 N–H and O–H groups in total. The number of halogens is 2. The van der Waals surface area contributed by atoms with Gasteiger partial charge in [0, 0.05) is 48.4 Å². The van der Waals surface area contributed by atoms with Crippen LogP contribution in [-0.2, 0) is 6.54 Å². The summed E-state index contributed by atoms with van der Waals surface area (Å²) in [6.07, 6.45) is 5.11. The average Bonchev–Trinajstić information content (AvgIpc) is 3.69. The standard InChI is InChI=1S/C27H21F2N7S/c28-27(29)5-6-36(15-27)13-16-8-18(11-30-10-16)22-9-20-23(12-31-22)34-35-25(20)26-32-21-3-1-2-19(24(21)33-26)17-4-7-37-14-17/h1-4,7-12,14H,5-6,13,15H2,(H,32,33)(H,34,35). The van der Waals surface area contributed by atoms with Crippen LogP contribution in [0.1, 0.15) is 12.0 Å². The molecule has 0 radical (unpaired) electrons. The molecule has 1 aliphatic rings. The van der Waals surface area contributed by atoms with E-state index in [-0.39, 0.29) is 13.0 Å². The molecule has 1 saturated heterocycles. The number of nitrogens with one attached hydrogen (secondary N) is 2. The van der Waals surface area contributed by atoms with Crippen molar-refractivity contribution in [2.24, 2.45) is 0 Å². The van der Waals surface area contributed by atoms with E-state index >= 15 is 0 Å². The predicted molar refractivity (Wildman–Crippen MR) is 140 cm³/mol. The summed E-state index contributed by atoms with van der Waals surface area (Å²) in [5.41, 5.74) is 7.96. The number of hydrogen-bond acceptors (Lipinski definition) is 6. The number of benzene rings is 1. The Balaban J connectivity index is 1.24. The van der Waals surface area contributed by atoms with E-state index in [1.54, 1.807) is 34.8 Å². The number of alkyl halides is 2. The van der Waals surface area contributed by atoms with Gasteiger partial charge in [0.1, 0.15) is 5.69 Å². The normalized spacial score (nSPS) is 15.7. The van der Waals surface area contributed by atoms with Crippen LogP contribution in [0.4, 0.5) is 8.78 Å². The molecule has 37 heavy (non-hydrogen) atoms. The highest BCUT2D eigenvalue weighted by molar-refractivity contribution is 7.08. The van der Waals surface area contributed by atoms with Gasteiger partial charge in [-0.15, -0.1) is 0 Å². The van der Waals surface area contributed by atoms with E-state index < -0.39 is 5.92 Å². The van der Waals surface area contributed by atoms with Crippen molar-refractivity contribution in [3.05, 3.63) is 71.3 Å². The summed E-state index contributed by atoms with van der Waals surface area (Å²) in [7, 11) is 0.